The molecule has 18 heavy (non-hydrogen) atoms. The normalized spacial score (nSPS) is 17.7. The fourth-order valence-corrected chi connectivity index (χ4v) is 2.71. The molecular weight excluding hydrogens is 231 g/mol. The summed E-state index contributed by atoms with van der Waals surface area (Å²) in [6, 6.07) is 4.29. The molecule has 98 valence electrons. The average Bonchev–Trinajstić information content (AvgIpc) is 2.77. The van der Waals surface area contributed by atoms with Crippen molar-refractivity contribution in [2.45, 2.75) is 38.6 Å². The van der Waals surface area contributed by atoms with Crippen LogP contribution in [-0.2, 0) is 4.79 Å². The lowest BCUT2D eigenvalue weighted by Gasteiger charge is -2.22. The smallest absolute Gasteiger partial charge is 0.240 e. The number of amides is 1. The van der Waals surface area contributed by atoms with Crippen molar-refractivity contribution in [3.05, 3.63) is 29.6 Å². The third kappa shape index (κ3) is 3.00. The highest BCUT2D eigenvalue weighted by atomic mass is 19.1. The van der Waals surface area contributed by atoms with Gasteiger partial charge in [-0.1, -0.05) is 12.8 Å². The number of carbonyl (C=O) groups excluding carboxylic acids is 1. The van der Waals surface area contributed by atoms with Crippen molar-refractivity contribution >= 4 is 11.6 Å². The summed E-state index contributed by atoms with van der Waals surface area (Å²) in [5, 5.41) is 3.09. The summed E-state index contributed by atoms with van der Waals surface area (Å²) in [4.78, 5) is 11.5. The van der Waals surface area contributed by atoms with Gasteiger partial charge in [-0.25, -0.2) is 4.39 Å². The highest BCUT2D eigenvalue weighted by Gasteiger charge is 2.29. The van der Waals surface area contributed by atoms with E-state index in [9.17, 15) is 9.18 Å². The van der Waals surface area contributed by atoms with Crippen molar-refractivity contribution < 1.29 is 9.18 Å². The Kier molecular flexibility index (Phi) is 3.84. The van der Waals surface area contributed by atoms with Crippen LogP contribution in [0.1, 0.15) is 31.2 Å². The molecule has 4 heteroatoms. The molecule has 0 aliphatic heterocycles. The highest BCUT2D eigenvalue weighted by Crippen LogP contribution is 2.29. The lowest BCUT2D eigenvalue weighted by molar-refractivity contribution is -0.119. The molecular formula is C14H19FN2O. The number of hydrogen-bond donors (Lipinski definition) is 2. The Morgan fingerprint density at radius 1 is 1.39 bits per heavy atom. The standard InChI is InChI=1S/C14H19FN2O/c1-9-6-11(15)8-12(7-9)17-13(14(16)18)10-4-2-3-5-10/h6-8,10,13,17H,2-5H2,1H3,(H2,16,18). The topological polar surface area (TPSA) is 55.1 Å². The van der Waals surface area contributed by atoms with E-state index < -0.39 is 6.04 Å². The van der Waals surface area contributed by atoms with Crippen LogP contribution in [0.5, 0.6) is 0 Å². The first-order valence-electron chi connectivity index (χ1n) is 6.39. The summed E-state index contributed by atoms with van der Waals surface area (Å²) >= 11 is 0. The van der Waals surface area contributed by atoms with Crippen molar-refractivity contribution in [2.24, 2.45) is 11.7 Å². The minimum Gasteiger partial charge on any atom is -0.373 e. The second-order valence-electron chi connectivity index (χ2n) is 5.09. The Balaban J connectivity index is 2.15. The maximum Gasteiger partial charge on any atom is 0.240 e. The molecule has 2 rings (SSSR count). The van der Waals surface area contributed by atoms with E-state index in [1.165, 1.54) is 12.1 Å². The van der Waals surface area contributed by atoms with Crippen LogP contribution in [0.15, 0.2) is 18.2 Å². The molecule has 0 saturated heterocycles. The molecule has 1 aliphatic carbocycles. The second kappa shape index (κ2) is 5.38. The number of hydrogen-bond acceptors (Lipinski definition) is 2. The van der Waals surface area contributed by atoms with Crippen LogP contribution in [0.4, 0.5) is 10.1 Å². The van der Waals surface area contributed by atoms with E-state index in [0.717, 1.165) is 31.2 Å². The lowest BCUT2D eigenvalue weighted by atomic mass is 9.97. The molecule has 1 saturated carbocycles. The van der Waals surface area contributed by atoms with Crippen molar-refractivity contribution in [3.8, 4) is 0 Å². The molecule has 1 aliphatic rings. The van der Waals surface area contributed by atoms with Crippen LogP contribution in [0.3, 0.4) is 0 Å². The Labute approximate surface area is 107 Å². The fourth-order valence-electron chi connectivity index (χ4n) is 2.71. The summed E-state index contributed by atoms with van der Waals surface area (Å²) in [5.74, 6) is -0.387. The lowest BCUT2D eigenvalue weighted by Crippen LogP contribution is -2.40. The summed E-state index contributed by atoms with van der Waals surface area (Å²) < 4.78 is 13.3. The monoisotopic (exact) mass is 250 g/mol. The van der Waals surface area contributed by atoms with Crippen LogP contribution in [0, 0.1) is 18.7 Å². The summed E-state index contributed by atoms with van der Waals surface area (Å²) in [7, 11) is 0. The van der Waals surface area contributed by atoms with Gasteiger partial charge in [-0.15, -0.1) is 0 Å². The molecule has 3 N–H and O–H groups in total. The SMILES string of the molecule is Cc1cc(F)cc(NC(C(N)=O)C2CCCC2)c1. The van der Waals surface area contributed by atoms with Gasteiger partial charge in [0.1, 0.15) is 11.9 Å². The van der Waals surface area contributed by atoms with E-state index in [1.807, 2.05) is 13.0 Å². The molecule has 0 bridgehead atoms. The van der Waals surface area contributed by atoms with E-state index in [1.54, 1.807) is 0 Å². The predicted molar refractivity (Wildman–Crippen MR) is 69.7 cm³/mol. The van der Waals surface area contributed by atoms with Gasteiger partial charge >= 0.3 is 0 Å². The molecule has 1 unspecified atom stereocenters. The van der Waals surface area contributed by atoms with Gasteiger partial charge in [-0.05, 0) is 49.4 Å². The number of anilines is 1. The molecule has 1 aromatic rings. The van der Waals surface area contributed by atoms with Gasteiger partial charge in [-0.3, -0.25) is 4.79 Å². The molecule has 1 atom stereocenters. The minimum atomic E-state index is -0.395. The van der Waals surface area contributed by atoms with Crippen molar-refractivity contribution in [1.82, 2.24) is 0 Å². The first kappa shape index (κ1) is 12.9. The molecule has 0 spiro atoms. The molecule has 3 nitrogen and oxygen atoms in total. The Morgan fingerprint density at radius 2 is 2.06 bits per heavy atom. The number of benzene rings is 1. The summed E-state index contributed by atoms with van der Waals surface area (Å²) in [6.45, 7) is 1.82. The molecule has 0 heterocycles. The Morgan fingerprint density at radius 3 is 2.61 bits per heavy atom. The van der Waals surface area contributed by atoms with Gasteiger partial charge in [0.2, 0.25) is 5.91 Å². The predicted octanol–water partition coefficient (Wildman–Crippen LogP) is 2.59. The molecule has 1 aromatic carbocycles. The van der Waals surface area contributed by atoms with Crippen molar-refractivity contribution in [3.63, 3.8) is 0 Å². The number of nitrogens with two attached hydrogens (primary N) is 1. The first-order valence-corrected chi connectivity index (χ1v) is 6.39. The zero-order valence-corrected chi connectivity index (χ0v) is 10.6. The van der Waals surface area contributed by atoms with Crippen LogP contribution >= 0.6 is 0 Å². The number of nitrogens with one attached hydrogen (secondary N) is 1. The highest BCUT2D eigenvalue weighted by molar-refractivity contribution is 5.83. The average molecular weight is 250 g/mol. The van der Waals surface area contributed by atoms with Gasteiger partial charge in [-0.2, -0.15) is 0 Å². The third-order valence-electron chi connectivity index (χ3n) is 3.54. The van der Waals surface area contributed by atoms with Crippen LogP contribution in [0.25, 0.3) is 0 Å². The largest absolute Gasteiger partial charge is 0.373 e. The third-order valence-corrected chi connectivity index (χ3v) is 3.54. The van der Waals surface area contributed by atoms with E-state index in [-0.39, 0.29) is 17.6 Å². The van der Waals surface area contributed by atoms with Crippen LogP contribution < -0.4 is 11.1 Å². The molecule has 0 radical (unpaired) electrons. The zero-order valence-electron chi connectivity index (χ0n) is 10.6. The summed E-state index contributed by atoms with van der Waals surface area (Å²) in [5.41, 5.74) is 6.90. The van der Waals surface area contributed by atoms with E-state index >= 15 is 0 Å². The van der Waals surface area contributed by atoms with Crippen LogP contribution in [0.2, 0.25) is 0 Å². The van der Waals surface area contributed by atoms with E-state index in [4.69, 9.17) is 5.73 Å². The number of primary amides is 1. The Bertz CT molecular complexity index is 421. The van der Waals surface area contributed by atoms with E-state index in [0.29, 0.717) is 5.69 Å². The fraction of sp³-hybridized carbons (Fsp3) is 0.500. The number of carbonyl (C=O) groups is 1. The minimum absolute atomic E-state index is 0.270. The van der Waals surface area contributed by atoms with Crippen molar-refractivity contribution in [1.29, 1.82) is 0 Å². The Hall–Kier alpha value is -1.58. The summed E-state index contributed by atoms with van der Waals surface area (Å²) in [6.07, 6.45) is 4.29. The number of rotatable bonds is 4. The number of aryl methyl sites for hydroxylation is 1. The first-order chi connectivity index (χ1) is 8.56. The second-order valence-corrected chi connectivity index (χ2v) is 5.09. The van der Waals surface area contributed by atoms with Crippen LogP contribution in [-0.4, -0.2) is 11.9 Å². The van der Waals surface area contributed by atoms with Gasteiger partial charge in [0.05, 0.1) is 0 Å². The van der Waals surface area contributed by atoms with E-state index in [2.05, 4.69) is 5.32 Å². The molecule has 0 aromatic heterocycles. The van der Waals surface area contributed by atoms with Gasteiger partial charge in [0.25, 0.3) is 0 Å². The molecule has 1 fully saturated rings. The van der Waals surface area contributed by atoms with Gasteiger partial charge in [0.15, 0.2) is 0 Å². The number of halogens is 1. The van der Waals surface area contributed by atoms with Gasteiger partial charge in [0, 0.05) is 5.69 Å². The van der Waals surface area contributed by atoms with Gasteiger partial charge < -0.3 is 11.1 Å². The van der Waals surface area contributed by atoms with Crippen molar-refractivity contribution in [2.75, 3.05) is 5.32 Å². The quantitative estimate of drug-likeness (QED) is 0.863. The maximum atomic E-state index is 13.3. The molecule has 1 amide bonds. The maximum absolute atomic E-state index is 13.3. The zero-order chi connectivity index (χ0) is 13.1.